The van der Waals surface area contributed by atoms with Crippen molar-refractivity contribution in [2.45, 2.75) is 26.8 Å². The van der Waals surface area contributed by atoms with Gasteiger partial charge in [-0.3, -0.25) is 4.79 Å². The SMILES string of the molecule is CCC(=O)Nc1ccc(-c2c(N)c3cc(OC)ccc3n2CC)cc1. The molecule has 3 N–H and O–H groups in total. The van der Waals surface area contributed by atoms with Gasteiger partial charge in [0.25, 0.3) is 0 Å². The quantitative estimate of drug-likeness (QED) is 0.730. The van der Waals surface area contributed by atoms with Gasteiger partial charge in [0.2, 0.25) is 5.91 Å². The third-order valence-corrected chi connectivity index (χ3v) is 4.39. The first-order chi connectivity index (χ1) is 12.1. The van der Waals surface area contributed by atoms with E-state index in [1.165, 1.54) is 0 Å². The summed E-state index contributed by atoms with van der Waals surface area (Å²) in [5.74, 6) is 0.790. The number of rotatable bonds is 5. The smallest absolute Gasteiger partial charge is 0.224 e. The van der Waals surface area contributed by atoms with Crippen LogP contribution in [0.2, 0.25) is 0 Å². The lowest BCUT2D eigenvalue weighted by atomic mass is 10.1. The number of nitrogens with two attached hydrogens (primary N) is 1. The number of anilines is 2. The van der Waals surface area contributed by atoms with Gasteiger partial charge >= 0.3 is 0 Å². The van der Waals surface area contributed by atoms with E-state index in [9.17, 15) is 4.79 Å². The summed E-state index contributed by atoms with van der Waals surface area (Å²) >= 11 is 0. The first-order valence-electron chi connectivity index (χ1n) is 8.45. The lowest BCUT2D eigenvalue weighted by molar-refractivity contribution is -0.115. The molecule has 1 heterocycles. The molecular weight excluding hydrogens is 314 g/mol. The van der Waals surface area contributed by atoms with Crippen LogP contribution in [0.1, 0.15) is 20.3 Å². The number of nitrogens with zero attached hydrogens (tertiary/aromatic N) is 1. The largest absolute Gasteiger partial charge is 0.497 e. The number of amides is 1. The Hall–Kier alpha value is -2.95. The van der Waals surface area contributed by atoms with Crippen LogP contribution in [0, 0.1) is 0 Å². The molecule has 0 fully saturated rings. The van der Waals surface area contributed by atoms with E-state index in [1.54, 1.807) is 7.11 Å². The molecule has 25 heavy (non-hydrogen) atoms. The summed E-state index contributed by atoms with van der Waals surface area (Å²) in [5.41, 5.74) is 11.1. The van der Waals surface area contributed by atoms with Gasteiger partial charge in [0.1, 0.15) is 5.75 Å². The van der Waals surface area contributed by atoms with Crippen LogP contribution in [-0.2, 0) is 11.3 Å². The van der Waals surface area contributed by atoms with Crippen molar-refractivity contribution in [2.75, 3.05) is 18.2 Å². The number of aromatic nitrogens is 1. The zero-order valence-corrected chi connectivity index (χ0v) is 14.8. The second-order valence-corrected chi connectivity index (χ2v) is 5.87. The second-order valence-electron chi connectivity index (χ2n) is 5.87. The molecule has 0 saturated heterocycles. The number of carbonyl (C=O) groups is 1. The van der Waals surface area contributed by atoms with Crippen molar-refractivity contribution in [2.24, 2.45) is 0 Å². The maximum Gasteiger partial charge on any atom is 0.224 e. The Morgan fingerprint density at radius 1 is 1.16 bits per heavy atom. The third-order valence-electron chi connectivity index (χ3n) is 4.39. The topological polar surface area (TPSA) is 69.3 Å². The van der Waals surface area contributed by atoms with Crippen LogP contribution in [0.5, 0.6) is 5.75 Å². The maximum atomic E-state index is 11.5. The van der Waals surface area contributed by atoms with E-state index >= 15 is 0 Å². The van der Waals surface area contributed by atoms with E-state index in [1.807, 2.05) is 49.4 Å². The molecule has 5 nitrogen and oxygen atoms in total. The Kier molecular flexibility index (Phi) is 4.65. The van der Waals surface area contributed by atoms with Crippen LogP contribution in [0.3, 0.4) is 0 Å². The maximum absolute atomic E-state index is 11.5. The van der Waals surface area contributed by atoms with Gasteiger partial charge in [-0.15, -0.1) is 0 Å². The van der Waals surface area contributed by atoms with Gasteiger partial charge in [-0.05, 0) is 37.3 Å². The number of nitrogens with one attached hydrogen (secondary N) is 1. The molecular formula is C20H23N3O2. The Bertz CT molecular complexity index is 911. The molecule has 0 aliphatic heterocycles. The molecule has 5 heteroatoms. The normalized spacial score (nSPS) is 10.8. The van der Waals surface area contributed by atoms with Gasteiger partial charge in [0, 0.05) is 29.6 Å². The highest BCUT2D eigenvalue weighted by atomic mass is 16.5. The first kappa shape index (κ1) is 16.9. The highest BCUT2D eigenvalue weighted by Crippen LogP contribution is 2.38. The van der Waals surface area contributed by atoms with Gasteiger partial charge in [0.15, 0.2) is 0 Å². The Balaban J connectivity index is 2.08. The van der Waals surface area contributed by atoms with Gasteiger partial charge < -0.3 is 20.4 Å². The molecule has 1 amide bonds. The van der Waals surface area contributed by atoms with Crippen molar-refractivity contribution in [3.05, 3.63) is 42.5 Å². The lowest BCUT2D eigenvalue weighted by Crippen LogP contribution is -2.09. The summed E-state index contributed by atoms with van der Waals surface area (Å²) < 4.78 is 7.52. The van der Waals surface area contributed by atoms with Gasteiger partial charge in [-0.2, -0.15) is 0 Å². The summed E-state index contributed by atoms with van der Waals surface area (Å²) in [6.45, 7) is 4.74. The highest BCUT2D eigenvalue weighted by molar-refractivity contribution is 6.01. The van der Waals surface area contributed by atoms with Crippen molar-refractivity contribution in [1.29, 1.82) is 0 Å². The van der Waals surface area contributed by atoms with Crippen molar-refractivity contribution >= 4 is 28.2 Å². The molecule has 0 aliphatic carbocycles. The Morgan fingerprint density at radius 2 is 1.88 bits per heavy atom. The van der Waals surface area contributed by atoms with E-state index < -0.39 is 0 Å². The van der Waals surface area contributed by atoms with Crippen LogP contribution in [0.25, 0.3) is 22.2 Å². The number of aryl methyl sites for hydroxylation is 1. The fourth-order valence-electron chi connectivity index (χ4n) is 3.09. The van der Waals surface area contributed by atoms with Crippen LogP contribution in [-0.4, -0.2) is 17.6 Å². The molecule has 3 rings (SSSR count). The number of carbonyl (C=O) groups excluding carboxylic acids is 1. The molecule has 0 unspecified atom stereocenters. The van der Waals surface area contributed by atoms with E-state index in [0.29, 0.717) is 6.42 Å². The van der Waals surface area contributed by atoms with E-state index in [0.717, 1.165) is 45.8 Å². The van der Waals surface area contributed by atoms with Gasteiger partial charge in [-0.1, -0.05) is 19.1 Å². The Morgan fingerprint density at radius 3 is 2.48 bits per heavy atom. The highest BCUT2D eigenvalue weighted by Gasteiger charge is 2.16. The average molecular weight is 337 g/mol. The van der Waals surface area contributed by atoms with E-state index in [2.05, 4.69) is 16.8 Å². The summed E-state index contributed by atoms with van der Waals surface area (Å²) in [6.07, 6.45) is 0.459. The molecule has 0 spiro atoms. The number of hydrogen-bond acceptors (Lipinski definition) is 3. The molecule has 3 aromatic rings. The molecule has 130 valence electrons. The van der Waals surface area contributed by atoms with Crippen molar-refractivity contribution < 1.29 is 9.53 Å². The van der Waals surface area contributed by atoms with E-state index in [-0.39, 0.29) is 5.91 Å². The van der Waals surface area contributed by atoms with Gasteiger partial charge in [-0.25, -0.2) is 0 Å². The average Bonchev–Trinajstić information content (AvgIpc) is 2.93. The summed E-state index contributed by atoms with van der Waals surface area (Å²) in [5, 5.41) is 3.85. The lowest BCUT2D eigenvalue weighted by Gasteiger charge is -2.10. The first-order valence-corrected chi connectivity index (χ1v) is 8.45. The standard InChI is InChI=1S/C20H23N3O2/c1-4-18(24)22-14-8-6-13(7-9-14)20-19(21)16-12-15(25-3)10-11-17(16)23(20)5-2/h6-12H,4-5,21H2,1-3H3,(H,22,24). The summed E-state index contributed by atoms with van der Waals surface area (Å²) in [4.78, 5) is 11.5. The zero-order chi connectivity index (χ0) is 18.0. The fraction of sp³-hybridized carbons (Fsp3) is 0.250. The minimum atomic E-state index is 0.00188. The number of hydrogen-bond donors (Lipinski definition) is 2. The molecule has 0 bridgehead atoms. The van der Waals surface area contributed by atoms with Crippen molar-refractivity contribution in [1.82, 2.24) is 4.57 Å². The third kappa shape index (κ3) is 3.05. The van der Waals surface area contributed by atoms with Crippen LogP contribution in [0.4, 0.5) is 11.4 Å². The minimum Gasteiger partial charge on any atom is -0.497 e. The number of fused-ring (bicyclic) bond motifs is 1. The predicted molar refractivity (Wildman–Crippen MR) is 103 cm³/mol. The molecule has 0 atom stereocenters. The number of ether oxygens (including phenoxy) is 1. The van der Waals surface area contributed by atoms with Crippen LogP contribution >= 0.6 is 0 Å². The molecule has 0 aliphatic rings. The van der Waals surface area contributed by atoms with Crippen molar-refractivity contribution in [3.8, 4) is 17.0 Å². The fourth-order valence-corrected chi connectivity index (χ4v) is 3.09. The van der Waals surface area contributed by atoms with Gasteiger partial charge in [0.05, 0.1) is 24.0 Å². The number of methoxy groups -OCH3 is 1. The predicted octanol–water partition coefficient (Wildman–Crippen LogP) is 4.27. The molecule has 0 radical (unpaired) electrons. The minimum absolute atomic E-state index is 0.00188. The van der Waals surface area contributed by atoms with Crippen LogP contribution in [0.15, 0.2) is 42.5 Å². The van der Waals surface area contributed by atoms with Crippen molar-refractivity contribution in [3.63, 3.8) is 0 Å². The molecule has 1 aromatic heterocycles. The number of benzene rings is 2. The van der Waals surface area contributed by atoms with Crippen LogP contribution < -0.4 is 15.8 Å². The summed E-state index contributed by atoms with van der Waals surface area (Å²) in [6, 6.07) is 13.7. The Labute approximate surface area is 147 Å². The van der Waals surface area contributed by atoms with E-state index in [4.69, 9.17) is 10.5 Å². The monoisotopic (exact) mass is 337 g/mol. The molecule has 0 saturated carbocycles. The zero-order valence-electron chi connectivity index (χ0n) is 14.8. The number of nitrogen functional groups attached to an aromatic ring is 1. The molecule has 2 aromatic carbocycles. The second kappa shape index (κ2) is 6.89. The summed E-state index contributed by atoms with van der Waals surface area (Å²) in [7, 11) is 1.65.